The third-order valence-electron chi connectivity index (χ3n) is 12.3. The predicted octanol–water partition coefficient (Wildman–Crippen LogP) is 8.46. The molecule has 3 aliphatic heterocycles. The van der Waals surface area contributed by atoms with Crippen molar-refractivity contribution in [2.24, 2.45) is 0 Å². The quantitative estimate of drug-likeness (QED) is 0.0712. The minimum Gasteiger partial charge on any atom is -0.506 e. The van der Waals surface area contributed by atoms with Gasteiger partial charge in [-0.25, -0.2) is 9.59 Å². The van der Waals surface area contributed by atoms with Gasteiger partial charge in [-0.2, -0.15) is 0 Å². The van der Waals surface area contributed by atoms with Crippen LogP contribution in [0.25, 0.3) is 11.1 Å². The molecule has 0 radical (unpaired) electrons. The van der Waals surface area contributed by atoms with E-state index in [1.165, 1.54) is 0 Å². The zero-order valence-corrected chi connectivity index (χ0v) is 37.5. The number of phenols is 1. The van der Waals surface area contributed by atoms with Crippen molar-refractivity contribution in [2.45, 2.75) is 76.9 Å². The van der Waals surface area contributed by atoms with E-state index in [9.17, 15) is 19.5 Å². The number of likely N-dealkylation sites (tertiary alicyclic amines) is 1. The molecule has 4 N–H and O–H groups in total. The fourth-order valence-corrected chi connectivity index (χ4v) is 9.12. The summed E-state index contributed by atoms with van der Waals surface area (Å²) in [6.45, 7) is 14.4. The number of carbonyl (C=O) groups excluding carboxylic acids is 3. The summed E-state index contributed by atoms with van der Waals surface area (Å²) >= 11 is 0. The van der Waals surface area contributed by atoms with Crippen LogP contribution in [0.15, 0.2) is 78.9 Å². The number of ether oxygens (including phenoxy) is 4. The molecular formula is C47H59N5O9Si. The first-order valence-corrected chi connectivity index (χ1v) is 24.3. The number of carbonyl (C=O) groups is 3. The number of rotatable bonds is 14. The Bertz CT molecular complexity index is 2240. The van der Waals surface area contributed by atoms with Crippen LogP contribution in [0.1, 0.15) is 56.4 Å². The smallest absolute Gasteiger partial charge is 0.414 e. The Morgan fingerprint density at radius 3 is 2.48 bits per heavy atom. The van der Waals surface area contributed by atoms with E-state index < -0.39 is 26.6 Å². The van der Waals surface area contributed by atoms with E-state index in [1.54, 1.807) is 24.1 Å². The van der Waals surface area contributed by atoms with Crippen molar-refractivity contribution in [2.75, 3.05) is 68.6 Å². The number of hydrogen-bond acceptors (Lipinski definition) is 11. The SMILES string of the molecule is COc1cc2c(cc1CNCC(O[Si](C)(C)C(C)(C)C)c1ccc(O)c3c1OCC(=O)N3)CCN2C(=O)OCCN1CCC(OC(=O)Nc2ccccc2-c2ccccc2)CC1. The first-order chi connectivity index (χ1) is 29.7. The van der Waals surface area contributed by atoms with Crippen LogP contribution in [0.4, 0.5) is 26.7 Å². The van der Waals surface area contributed by atoms with E-state index in [0.717, 1.165) is 46.6 Å². The van der Waals surface area contributed by atoms with E-state index in [2.05, 4.69) is 60.8 Å². The third kappa shape index (κ3) is 10.3. The molecule has 14 nitrogen and oxygen atoms in total. The van der Waals surface area contributed by atoms with Gasteiger partial charge in [0.1, 0.15) is 29.9 Å². The van der Waals surface area contributed by atoms with Gasteiger partial charge in [-0.1, -0.05) is 69.3 Å². The van der Waals surface area contributed by atoms with Crippen LogP contribution < -0.4 is 30.3 Å². The molecule has 1 saturated heterocycles. The molecule has 7 rings (SSSR count). The van der Waals surface area contributed by atoms with Gasteiger partial charge in [-0.15, -0.1) is 0 Å². The molecule has 0 aromatic heterocycles. The summed E-state index contributed by atoms with van der Waals surface area (Å²) in [5.41, 5.74) is 6.37. The first-order valence-electron chi connectivity index (χ1n) is 21.4. The largest absolute Gasteiger partial charge is 0.506 e. The van der Waals surface area contributed by atoms with Gasteiger partial charge in [-0.3, -0.25) is 19.9 Å². The van der Waals surface area contributed by atoms with E-state index in [4.69, 9.17) is 23.4 Å². The standard InChI is InChI=1S/C47H59N5O9Si/c1-47(2,3)62(5,6)61-41(36-16-17-39(53)43-44(36)59-30-42(54)50-43)29-48-28-33-26-32-18-23-52(38(32)27-40(33)57-4)46(56)58-25-24-51-21-19-34(20-22-51)60-45(55)49-37-15-11-10-14-35(37)31-12-8-7-9-13-31/h7-17,26-27,34,41,48,53H,18-25,28-30H2,1-6H3,(H,49,55)(H,50,54). The van der Waals surface area contributed by atoms with Crippen LogP contribution in [-0.2, 0) is 31.7 Å². The highest BCUT2D eigenvalue weighted by Crippen LogP contribution is 2.46. The second-order valence-electron chi connectivity index (χ2n) is 17.5. The van der Waals surface area contributed by atoms with Crippen molar-refractivity contribution < 1.29 is 42.9 Å². The normalized spacial score (nSPS) is 16.1. The van der Waals surface area contributed by atoms with E-state index in [1.807, 2.05) is 60.7 Å². The topological polar surface area (TPSA) is 160 Å². The molecule has 4 aromatic rings. The molecule has 0 saturated carbocycles. The molecule has 1 atom stereocenters. The fourth-order valence-electron chi connectivity index (χ4n) is 7.85. The number of aromatic hydroxyl groups is 1. The van der Waals surface area contributed by atoms with Gasteiger partial charge in [0.05, 0.1) is 24.6 Å². The van der Waals surface area contributed by atoms with Gasteiger partial charge in [0.15, 0.2) is 20.7 Å². The Kier molecular flexibility index (Phi) is 13.8. The summed E-state index contributed by atoms with van der Waals surface area (Å²) < 4.78 is 30.2. The fraction of sp³-hybridized carbons (Fsp3) is 0.426. The van der Waals surface area contributed by atoms with Crippen molar-refractivity contribution in [1.82, 2.24) is 10.2 Å². The van der Waals surface area contributed by atoms with Crippen LogP contribution in [0.3, 0.4) is 0 Å². The van der Waals surface area contributed by atoms with E-state index in [-0.39, 0.29) is 41.7 Å². The molecule has 1 unspecified atom stereocenters. The average Bonchev–Trinajstić information content (AvgIpc) is 3.67. The molecule has 15 heteroatoms. The summed E-state index contributed by atoms with van der Waals surface area (Å²) in [7, 11) is -0.675. The number of anilines is 3. The lowest BCUT2D eigenvalue weighted by Crippen LogP contribution is -2.43. The maximum atomic E-state index is 13.4. The predicted molar refractivity (Wildman–Crippen MR) is 242 cm³/mol. The zero-order valence-electron chi connectivity index (χ0n) is 36.5. The summed E-state index contributed by atoms with van der Waals surface area (Å²) in [5.74, 6) is 0.661. The van der Waals surface area contributed by atoms with Crippen molar-refractivity contribution in [3.8, 4) is 28.4 Å². The first kappa shape index (κ1) is 44.4. The van der Waals surface area contributed by atoms with Gasteiger partial charge in [0.2, 0.25) is 0 Å². The van der Waals surface area contributed by atoms with Crippen molar-refractivity contribution in [1.29, 1.82) is 0 Å². The van der Waals surface area contributed by atoms with Crippen LogP contribution >= 0.6 is 0 Å². The van der Waals surface area contributed by atoms with Crippen molar-refractivity contribution >= 4 is 43.5 Å². The van der Waals surface area contributed by atoms with Crippen LogP contribution in [0.5, 0.6) is 17.2 Å². The van der Waals surface area contributed by atoms with E-state index >= 15 is 0 Å². The highest BCUT2D eigenvalue weighted by atomic mass is 28.4. The number of phenolic OH excluding ortho intramolecular Hbond substituents is 1. The Labute approximate surface area is 364 Å². The Morgan fingerprint density at radius 1 is 1.00 bits per heavy atom. The average molecular weight is 866 g/mol. The Hall–Kier alpha value is -5.61. The molecule has 3 aliphatic rings. The highest BCUT2D eigenvalue weighted by Gasteiger charge is 2.41. The van der Waals surface area contributed by atoms with Gasteiger partial charge in [0.25, 0.3) is 5.91 Å². The van der Waals surface area contributed by atoms with Crippen LogP contribution in [0, 0.1) is 0 Å². The highest BCUT2D eigenvalue weighted by molar-refractivity contribution is 6.74. The van der Waals surface area contributed by atoms with Gasteiger partial charge in [-0.05, 0) is 72.8 Å². The zero-order chi connectivity index (χ0) is 44.0. The molecule has 330 valence electrons. The Morgan fingerprint density at radius 2 is 1.74 bits per heavy atom. The van der Waals surface area contributed by atoms with Crippen molar-refractivity contribution in [3.63, 3.8) is 0 Å². The lowest BCUT2D eigenvalue weighted by Gasteiger charge is -2.40. The molecule has 3 heterocycles. The van der Waals surface area contributed by atoms with Crippen LogP contribution in [-0.4, -0.2) is 95.6 Å². The molecule has 1 fully saturated rings. The minimum atomic E-state index is -2.29. The number of benzene rings is 4. The summed E-state index contributed by atoms with van der Waals surface area (Å²) in [6.07, 6.45) is 0.556. The molecule has 0 bridgehead atoms. The van der Waals surface area contributed by atoms with E-state index in [0.29, 0.717) is 62.6 Å². The number of hydrogen-bond donors (Lipinski definition) is 4. The number of amides is 3. The summed E-state index contributed by atoms with van der Waals surface area (Å²) in [5, 5.41) is 19.7. The number of fused-ring (bicyclic) bond motifs is 2. The Balaban J connectivity index is 0.901. The summed E-state index contributed by atoms with van der Waals surface area (Å²) in [4.78, 5) is 42.3. The maximum absolute atomic E-state index is 13.4. The van der Waals surface area contributed by atoms with Crippen LogP contribution in [0.2, 0.25) is 18.1 Å². The molecular weight excluding hydrogens is 807 g/mol. The third-order valence-corrected chi connectivity index (χ3v) is 16.8. The molecule has 0 aliphatic carbocycles. The lowest BCUT2D eigenvalue weighted by molar-refractivity contribution is -0.118. The van der Waals surface area contributed by atoms with Gasteiger partial charge < -0.3 is 39.1 Å². The molecule has 3 amide bonds. The maximum Gasteiger partial charge on any atom is 0.414 e. The lowest BCUT2D eigenvalue weighted by atomic mass is 10.0. The molecule has 62 heavy (non-hydrogen) atoms. The monoisotopic (exact) mass is 865 g/mol. The van der Waals surface area contributed by atoms with Crippen molar-refractivity contribution in [3.05, 3.63) is 95.6 Å². The second-order valence-corrected chi connectivity index (χ2v) is 22.3. The number of nitrogens with one attached hydrogen (secondary N) is 3. The number of nitrogens with zero attached hydrogens (tertiary/aromatic N) is 2. The van der Waals surface area contributed by atoms with Gasteiger partial charge in [0, 0.05) is 62.0 Å². The minimum absolute atomic E-state index is 0.0655. The molecule has 0 spiro atoms. The summed E-state index contributed by atoms with van der Waals surface area (Å²) in [6, 6.07) is 24.9. The van der Waals surface area contributed by atoms with Gasteiger partial charge >= 0.3 is 12.2 Å². The second kappa shape index (κ2) is 19.2. The number of para-hydroxylation sites is 1. The molecule has 4 aromatic carbocycles. The number of methoxy groups -OCH3 is 1. The number of piperidine rings is 1.